The van der Waals surface area contributed by atoms with Gasteiger partial charge in [0, 0.05) is 0 Å². The molecule has 0 fully saturated rings. The van der Waals surface area contributed by atoms with Gasteiger partial charge in [0.05, 0.1) is 5.56 Å². The third kappa shape index (κ3) is 2.58. The predicted molar refractivity (Wildman–Crippen MR) is 58.5 cm³/mol. The molecule has 0 bridgehead atoms. The lowest BCUT2D eigenvalue weighted by molar-refractivity contribution is -0.137. The Morgan fingerprint density at radius 2 is 1.47 bits per heavy atom. The first-order chi connectivity index (χ1) is 7.97. The molecule has 0 aromatic heterocycles. The van der Waals surface area contributed by atoms with Crippen LogP contribution in [0.5, 0.6) is 5.75 Å². The molecule has 0 aliphatic heterocycles. The second-order valence-corrected chi connectivity index (χ2v) is 3.63. The lowest BCUT2D eigenvalue weighted by Crippen LogP contribution is -2.04. The molecular weight excluding hydrogens is 229 g/mol. The Kier molecular flexibility index (Phi) is 2.79. The van der Waals surface area contributed by atoms with Crippen molar-refractivity contribution in [1.29, 1.82) is 0 Å². The molecular formula is C13H9F3O. The van der Waals surface area contributed by atoms with E-state index >= 15 is 0 Å². The van der Waals surface area contributed by atoms with E-state index in [1.165, 1.54) is 6.07 Å². The van der Waals surface area contributed by atoms with Crippen LogP contribution in [-0.4, -0.2) is 5.11 Å². The van der Waals surface area contributed by atoms with Gasteiger partial charge in [-0.3, -0.25) is 0 Å². The van der Waals surface area contributed by atoms with Gasteiger partial charge in [-0.05, 0) is 29.3 Å². The zero-order valence-corrected chi connectivity index (χ0v) is 8.70. The molecule has 0 saturated heterocycles. The van der Waals surface area contributed by atoms with Gasteiger partial charge in [0.15, 0.2) is 0 Å². The fourth-order valence-electron chi connectivity index (χ4n) is 1.57. The Balaban J connectivity index is 2.54. The Morgan fingerprint density at radius 1 is 0.824 bits per heavy atom. The molecule has 0 radical (unpaired) electrons. The number of aromatic hydroxyl groups is 1. The number of alkyl halides is 3. The molecule has 1 N–H and O–H groups in total. The van der Waals surface area contributed by atoms with E-state index < -0.39 is 17.5 Å². The maximum atomic E-state index is 12.6. The van der Waals surface area contributed by atoms with Gasteiger partial charge in [-0.15, -0.1) is 0 Å². The highest BCUT2D eigenvalue weighted by molar-refractivity contribution is 5.66. The zero-order valence-electron chi connectivity index (χ0n) is 8.70. The minimum atomic E-state index is -4.46. The molecule has 88 valence electrons. The average molecular weight is 238 g/mol. The second kappa shape index (κ2) is 4.13. The molecule has 0 aliphatic carbocycles. The van der Waals surface area contributed by atoms with Crippen molar-refractivity contribution in [2.45, 2.75) is 6.18 Å². The monoisotopic (exact) mass is 238 g/mol. The summed E-state index contributed by atoms with van der Waals surface area (Å²) in [5.41, 5.74) is 0.128. The maximum Gasteiger partial charge on any atom is 0.416 e. The highest BCUT2D eigenvalue weighted by Crippen LogP contribution is 2.35. The molecule has 0 saturated carbocycles. The van der Waals surface area contributed by atoms with Crippen molar-refractivity contribution in [2.75, 3.05) is 0 Å². The molecule has 0 unspecified atom stereocenters. The van der Waals surface area contributed by atoms with Gasteiger partial charge in [0.25, 0.3) is 0 Å². The lowest BCUT2D eigenvalue weighted by Gasteiger charge is -2.10. The van der Waals surface area contributed by atoms with Crippen LogP contribution in [0.25, 0.3) is 11.1 Å². The van der Waals surface area contributed by atoms with Crippen molar-refractivity contribution in [1.82, 2.24) is 0 Å². The summed E-state index contributed by atoms with van der Waals surface area (Å²) in [6, 6.07) is 11.7. The van der Waals surface area contributed by atoms with Crippen LogP contribution in [0.15, 0.2) is 48.5 Å². The molecule has 0 heterocycles. The summed E-state index contributed by atoms with van der Waals surface area (Å²) >= 11 is 0. The number of benzene rings is 2. The molecule has 1 nitrogen and oxygen atoms in total. The Morgan fingerprint density at radius 3 is 2.06 bits per heavy atom. The number of phenols is 1. The molecule has 2 rings (SSSR count). The van der Waals surface area contributed by atoms with Gasteiger partial charge in [0.2, 0.25) is 0 Å². The van der Waals surface area contributed by atoms with E-state index in [1.54, 1.807) is 30.3 Å². The van der Waals surface area contributed by atoms with Crippen LogP contribution in [0.4, 0.5) is 13.2 Å². The highest BCUT2D eigenvalue weighted by atomic mass is 19.4. The molecule has 17 heavy (non-hydrogen) atoms. The Bertz CT molecular complexity index is 518. The maximum absolute atomic E-state index is 12.6. The van der Waals surface area contributed by atoms with Gasteiger partial charge >= 0.3 is 6.18 Å². The van der Waals surface area contributed by atoms with E-state index in [2.05, 4.69) is 0 Å². The van der Waals surface area contributed by atoms with Crippen LogP contribution in [-0.2, 0) is 6.18 Å². The predicted octanol–water partition coefficient (Wildman–Crippen LogP) is 4.08. The van der Waals surface area contributed by atoms with Crippen molar-refractivity contribution >= 4 is 0 Å². The molecule has 0 amide bonds. The quantitative estimate of drug-likeness (QED) is 0.793. The van der Waals surface area contributed by atoms with Crippen LogP contribution in [0.3, 0.4) is 0 Å². The summed E-state index contributed by atoms with van der Waals surface area (Å²) in [5, 5.41) is 9.32. The number of hydrogen-bond acceptors (Lipinski definition) is 1. The third-order valence-corrected chi connectivity index (χ3v) is 2.35. The van der Waals surface area contributed by atoms with E-state index in [-0.39, 0.29) is 0 Å². The molecule has 0 aliphatic rings. The SMILES string of the molecule is Oc1cc(-c2ccccc2)cc(C(F)(F)F)c1. The normalized spacial score (nSPS) is 11.5. The fraction of sp³-hybridized carbons (Fsp3) is 0.0769. The van der Waals surface area contributed by atoms with Gasteiger partial charge < -0.3 is 5.11 Å². The molecule has 4 heteroatoms. The van der Waals surface area contributed by atoms with Crippen LogP contribution >= 0.6 is 0 Å². The van der Waals surface area contributed by atoms with Gasteiger partial charge in [0.1, 0.15) is 5.75 Å². The first-order valence-corrected chi connectivity index (χ1v) is 4.93. The summed E-state index contributed by atoms with van der Waals surface area (Å²) in [5.74, 6) is -0.390. The van der Waals surface area contributed by atoms with Gasteiger partial charge in [-0.2, -0.15) is 13.2 Å². The molecule has 0 spiro atoms. The largest absolute Gasteiger partial charge is 0.508 e. The summed E-state index contributed by atoms with van der Waals surface area (Å²) in [6.07, 6.45) is -4.46. The summed E-state index contributed by atoms with van der Waals surface area (Å²) in [4.78, 5) is 0. The molecule has 2 aromatic carbocycles. The smallest absolute Gasteiger partial charge is 0.416 e. The second-order valence-electron chi connectivity index (χ2n) is 3.63. The lowest BCUT2D eigenvalue weighted by atomic mass is 10.0. The first-order valence-electron chi connectivity index (χ1n) is 4.93. The topological polar surface area (TPSA) is 20.2 Å². The fourth-order valence-corrected chi connectivity index (χ4v) is 1.57. The average Bonchev–Trinajstić information content (AvgIpc) is 2.28. The van der Waals surface area contributed by atoms with Gasteiger partial charge in [-0.1, -0.05) is 30.3 Å². The van der Waals surface area contributed by atoms with Crippen LogP contribution < -0.4 is 0 Å². The summed E-state index contributed by atoms with van der Waals surface area (Å²) in [7, 11) is 0. The van der Waals surface area contributed by atoms with Crippen molar-refractivity contribution < 1.29 is 18.3 Å². The number of phenolic OH excluding ortho intramolecular Hbond substituents is 1. The van der Waals surface area contributed by atoms with Crippen molar-refractivity contribution in [2.24, 2.45) is 0 Å². The van der Waals surface area contributed by atoms with E-state index in [1.807, 2.05) is 0 Å². The van der Waals surface area contributed by atoms with E-state index in [0.29, 0.717) is 17.2 Å². The van der Waals surface area contributed by atoms with Crippen molar-refractivity contribution in [3.63, 3.8) is 0 Å². The van der Waals surface area contributed by atoms with Crippen LogP contribution in [0.1, 0.15) is 5.56 Å². The van der Waals surface area contributed by atoms with E-state index in [9.17, 15) is 18.3 Å². The van der Waals surface area contributed by atoms with E-state index in [4.69, 9.17) is 0 Å². The minimum absolute atomic E-state index is 0.345. The number of rotatable bonds is 1. The zero-order chi connectivity index (χ0) is 12.5. The molecule has 0 atom stereocenters. The van der Waals surface area contributed by atoms with Crippen LogP contribution in [0, 0.1) is 0 Å². The van der Waals surface area contributed by atoms with Crippen molar-refractivity contribution in [3.05, 3.63) is 54.1 Å². The van der Waals surface area contributed by atoms with Crippen LogP contribution in [0.2, 0.25) is 0 Å². The number of halogens is 3. The highest BCUT2D eigenvalue weighted by Gasteiger charge is 2.31. The molecule has 2 aromatic rings. The standard InChI is InChI=1S/C13H9F3O/c14-13(15,16)11-6-10(7-12(17)8-11)9-4-2-1-3-5-9/h1-8,17H. The van der Waals surface area contributed by atoms with E-state index in [0.717, 1.165) is 6.07 Å². The van der Waals surface area contributed by atoms with Crippen molar-refractivity contribution in [3.8, 4) is 16.9 Å². The Hall–Kier alpha value is -1.97. The number of hydrogen-bond donors (Lipinski definition) is 1. The summed E-state index contributed by atoms with van der Waals surface area (Å²) < 4.78 is 37.7. The third-order valence-electron chi connectivity index (χ3n) is 2.35. The minimum Gasteiger partial charge on any atom is -0.508 e. The first kappa shape index (κ1) is 11.5. The Labute approximate surface area is 96.1 Å². The summed E-state index contributed by atoms with van der Waals surface area (Å²) in [6.45, 7) is 0. The van der Waals surface area contributed by atoms with Gasteiger partial charge in [-0.25, -0.2) is 0 Å².